The third kappa shape index (κ3) is 2.66. The Balaban J connectivity index is 1.59. The minimum absolute atomic E-state index is 0.130. The maximum Gasteiger partial charge on any atom is 0.324 e. The molecule has 0 atom stereocenters. The number of anilines is 1. The fourth-order valence-corrected chi connectivity index (χ4v) is 3.23. The first-order valence-electron chi connectivity index (χ1n) is 7.58. The Morgan fingerprint density at radius 3 is 2.65 bits per heavy atom. The number of benzene rings is 1. The monoisotopic (exact) mass is 273 g/mol. The Labute approximate surface area is 121 Å². The predicted molar refractivity (Wildman–Crippen MR) is 80.9 cm³/mol. The minimum atomic E-state index is 0.130. The van der Waals surface area contributed by atoms with Crippen molar-refractivity contribution in [3.05, 3.63) is 29.8 Å². The van der Waals surface area contributed by atoms with Gasteiger partial charge in [0, 0.05) is 20.1 Å². The Morgan fingerprint density at radius 1 is 1.10 bits per heavy atom. The molecule has 0 unspecified atom stereocenters. The van der Waals surface area contributed by atoms with E-state index in [9.17, 15) is 4.79 Å². The quantitative estimate of drug-likeness (QED) is 0.843. The smallest absolute Gasteiger partial charge is 0.320 e. The van der Waals surface area contributed by atoms with E-state index in [0.717, 1.165) is 31.7 Å². The van der Waals surface area contributed by atoms with Gasteiger partial charge in [0.25, 0.3) is 0 Å². The highest BCUT2D eigenvalue weighted by molar-refractivity contribution is 5.94. The Morgan fingerprint density at radius 2 is 1.85 bits per heavy atom. The zero-order valence-electron chi connectivity index (χ0n) is 12.2. The number of likely N-dealkylation sites (tertiary alicyclic amines) is 1. The van der Waals surface area contributed by atoms with E-state index in [2.05, 4.69) is 11.0 Å². The van der Waals surface area contributed by atoms with Crippen molar-refractivity contribution in [2.45, 2.75) is 25.8 Å². The first-order valence-corrected chi connectivity index (χ1v) is 7.58. The molecule has 0 aliphatic carbocycles. The van der Waals surface area contributed by atoms with Crippen molar-refractivity contribution in [1.29, 1.82) is 0 Å². The van der Waals surface area contributed by atoms with Crippen molar-refractivity contribution < 1.29 is 4.79 Å². The highest BCUT2D eigenvalue weighted by Crippen LogP contribution is 2.27. The van der Waals surface area contributed by atoms with Crippen LogP contribution in [-0.4, -0.2) is 49.1 Å². The van der Waals surface area contributed by atoms with Crippen LogP contribution in [0.25, 0.3) is 0 Å². The number of nitrogens with zero attached hydrogens (tertiary/aromatic N) is 3. The molecule has 3 rings (SSSR count). The van der Waals surface area contributed by atoms with Gasteiger partial charge in [0.05, 0.1) is 5.69 Å². The maximum atomic E-state index is 12.4. The molecule has 20 heavy (non-hydrogen) atoms. The molecule has 4 nitrogen and oxygen atoms in total. The number of urea groups is 1. The third-order valence-electron chi connectivity index (χ3n) is 4.37. The zero-order valence-corrected chi connectivity index (χ0v) is 12.2. The molecule has 0 radical (unpaired) electrons. The van der Waals surface area contributed by atoms with E-state index in [1.807, 2.05) is 30.1 Å². The van der Waals surface area contributed by atoms with Gasteiger partial charge in [0.2, 0.25) is 0 Å². The molecule has 2 heterocycles. The molecule has 0 bridgehead atoms. The van der Waals surface area contributed by atoms with Gasteiger partial charge in [-0.05, 0) is 50.5 Å². The van der Waals surface area contributed by atoms with Crippen LogP contribution in [0.3, 0.4) is 0 Å². The first kappa shape index (κ1) is 13.4. The number of hydrogen-bond acceptors (Lipinski definition) is 2. The van der Waals surface area contributed by atoms with Crippen molar-refractivity contribution in [2.75, 3.05) is 38.1 Å². The van der Waals surface area contributed by atoms with Crippen LogP contribution in [0.4, 0.5) is 10.5 Å². The number of para-hydroxylation sites is 1. The van der Waals surface area contributed by atoms with Crippen LogP contribution in [0, 0.1) is 0 Å². The van der Waals surface area contributed by atoms with E-state index >= 15 is 0 Å². The SMILES string of the molecule is CN1C(=O)N(CCCN2CCCC2)Cc2ccccc21. The average molecular weight is 273 g/mol. The van der Waals surface area contributed by atoms with E-state index < -0.39 is 0 Å². The highest BCUT2D eigenvalue weighted by atomic mass is 16.2. The topological polar surface area (TPSA) is 26.8 Å². The molecule has 0 spiro atoms. The summed E-state index contributed by atoms with van der Waals surface area (Å²) in [6.07, 6.45) is 3.74. The van der Waals surface area contributed by atoms with Crippen molar-refractivity contribution in [3.63, 3.8) is 0 Å². The zero-order chi connectivity index (χ0) is 13.9. The van der Waals surface area contributed by atoms with Crippen molar-refractivity contribution in [3.8, 4) is 0 Å². The normalized spacial score (nSPS) is 19.6. The second kappa shape index (κ2) is 5.83. The fourth-order valence-electron chi connectivity index (χ4n) is 3.23. The summed E-state index contributed by atoms with van der Waals surface area (Å²) >= 11 is 0. The molecule has 2 aliphatic heterocycles. The summed E-state index contributed by atoms with van der Waals surface area (Å²) in [6.45, 7) is 5.19. The third-order valence-corrected chi connectivity index (χ3v) is 4.37. The minimum Gasteiger partial charge on any atom is -0.320 e. The second-order valence-corrected chi connectivity index (χ2v) is 5.79. The van der Waals surface area contributed by atoms with Gasteiger partial charge in [-0.3, -0.25) is 4.90 Å². The summed E-state index contributed by atoms with van der Waals surface area (Å²) in [5.41, 5.74) is 2.30. The fraction of sp³-hybridized carbons (Fsp3) is 0.562. The second-order valence-electron chi connectivity index (χ2n) is 5.79. The number of carbonyl (C=O) groups is 1. The van der Waals surface area contributed by atoms with Gasteiger partial charge in [-0.25, -0.2) is 4.79 Å². The van der Waals surface area contributed by atoms with E-state index in [4.69, 9.17) is 0 Å². The average Bonchev–Trinajstić information content (AvgIpc) is 2.97. The number of amides is 2. The largest absolute Gasteiger partial charge is 0.324 e. The molecule has 1 aromatic rings. The van der Waals surface area contributed by atoms with Crippen LogP contribution >= 0.6 is 0 Å². The maximum absolute atomic E-state index is 12.4. The van der Waals surface area contributed by atoms with Crippen LogP contribution in [0.2, 0.25) is 0 Å². The van der Waals surface area contributed by atoms with Crippen LogP contribution in [-0.2, 0) is 6.54 Å². The van der Waals surface area contributed by atoms with E-state index in [-0.39, 0.29) is 6.03 Å². The number of rotatable bonds is 4. The van der Waals surface area contributed by atoms with Crippen LogP contribution < -0.4 is 4.90 Å². The predicted octanol–water partition coefficient (Wildman–Crippen LogP) is 2.54. The van der Waals surface area contributed by atoms with Crippen LogP contribution in [0.15, 0.2) is 24.3 Å². The van der Waals surface area contributed by atoms with Gasteiger partial charge in [0.15, 0.2) is 0 Å². The van der Waals surface area contributed by atoms with E-state index in [1.54, 1.807) is 4.90 Å². The van der Waals surface area contributed by atoms with Crippen molar-refractivity contribution >= 4 is 11.7 Å². The molecule has 2 amide bonds. The lowest BCUT2D eigenvalue weighted by atomic mass is 10.1. The molecule has 4 heteroatoms. The molecule has 108 valence electrons. The molecule has 0 N–H and O–H groups in total. The molecule has 0 aromatic heterocycles. The lowest BCUT2D eigenvalue weighted by Gasteiger charge is -2.35. The van der Waals surface area contributed by atoms with Gasteiger partial charge >= 0.3 is 6.03 Å². The Bertz CT molecular complexity index is 482. The molecule has 1 fully saturated rings. The Hall–Kier alpha value is -1.55. The molecular formula is C16H23N3O. The number of hydrogen-bond donors (Lipinski definition) is 0. The summed E-state index contributed by atoms with van der Waals surface area (Å²) in [7, 11) is 1.87. The number of carbonyl (C=O) groups excluding carboxylic acids is 1. The lowest BCUT2D eigenvalue weighted by molar-refractivity contribution is 0.195. The van der Waals surface area contributed by atoms with Crippen LogP contribution in [0.5, 0.6) is 0 Å². The van der Waals surface area contributed by atoms with E-state index in [0.29, 0.717) is 0 Å². The molecule has 1 saturated heterocycles. The standard InChI is InChI=1S/C16H23N3O/c1-17-15-8-3-2-7-14(15)13-19(16(17)20)12-6-11-18-9-4-5-10-18/h2-3,7-8H,4-6,9-13H2,1H3. The molecule has 1 aromatic carbocycles. The summed E-state index contributed by atoms with van der Waals surface area (Å²) in [5, 5.41) is 0. The summed E-state index contributed by atoms with van der Waals surface area (Å²) in [5.74, 6) is 0. The first-order chi connectivity index (χ1) is 9.75. The summed E-state index contributed by atoms with van der Waals surface area (Å²) in [6, 6.07) is 8.31. The highest BCUT2D eigenvalue weighted by Gasteiger charge is 2.26. The van der Waals surface area contributed by atoms with Crippen molar-refractivity contribution in [2.24, 2.45) is 0 Å². The van der Waals surface area contributed by atoms with Crippen molar-refractivity contribution in [1.82, 2.24) is 9.80 Å². The van der Waals surface area contributed by atoms with Gasteiger partial charge < -0.3 is 9.80 Å². The molecule has 0 saturated carbocycles. The van der Waals surface area contributed by atoms with Gasteiger partial charge in [-0.15, -0.1) is 0 Å². The van der Waals surface area contributed by atoms with E-state index in [1.165, 1.54) is 31.5 Å². The molecular weight excluding hydrogens is 250 g/mol. The summed E-state index contributed by atoms with van der Waals surface area (Å²) < 4.78 is 0. The van der Waals surface area contributed by atoms with Gasteiger partial charge in [0.1, 0.15) is 0 Å². The summed E-state index contributed by atoms with van der Waals surface area (Å²) in [4.78, 5) is 18.6. The van der Waals surface area contributed by atoms with Gasteiger partial charge in [-0.2, -0.15) is 0 Å². The lowest BCUT2D eigenvalue weighted by Crippen LogP contribution is -2.45. The molecule has 2 aliphatic rings. The van der Waals surface area contributed by atoms with Gasteiger partial charge in [-0.1, -0.05) is 18.2 Å². The number of fused-ring (bicyclic) bond motifs is 1. The van der Waals surface area contributed by atoms with Crippen LogP contribution in [0.1, 0.15) is 24.8 Å². The Kier molecular flexibility index (Phi) is 3.92.